The predicted molar refractivity (Wildman–Crippen MR) is 33.6 cm³/mol. The molecule has 0 aromatic carbocycles. The number of carbonyl (C=O) groups excluding carboxylic acids is 2. The van der Waals surface area contributed by atoms with Crippen molar-refractivity contribution < 1.29 is 9.59 Å². The van der Waals surface area contributed by atoms with Crippen LogP contribution >= 0.6 is 0 Å². The van der Waals surface area contributed by atoms with E-state index in [1.54, 1.807) is 0 Å². The summed E-state index contributed by atoms with van der Waals surface area (Å²) in [5, 5.41) is 9.99. The van der Waals surface area contributed by atoms with Crippen LogP contribution in [-0.2, 0) is 9.59 Å². The van der Waals surface area contributed by atoms with Crippen molar-refractivity contribution in [2.45, 2.75) is 6.92 Å². The maximum atomic E-state index is 10.5. The van der Waals surface area contributed by atoms with Crippen LogP contribution in [0.25, 0.3) is 0 Å². The lowest BCUT2D eigenvalue weighted by Crippen LogP contribution is -2.28. The van der Waals surface area contributed by atoms with Crippen LogP contribution in [0.4, 0.5) is 0 Å². The van der Waals surface area contributed by atoms with Gasteiger partial charge in [0.2, 0.25) is 5.91 Å². The highest BCUT2D eigenvalue weighted by molar-refractivity contribution is 6.05. The van der Waals surface area contributed by atoms with Gasteiger partial charge in [0.1, 0.15) is 11.6 Å². The predicted octanol–water partition coefficient (Wildman–Crippen LogP) is -0.271. The van der Waals surface area contributed by atoms with Crippen molar-refractivity contribution in [3.8, 4) is 6.07 Å². The number of hydrogen-bond donors (Lipinski definition) is 1. The van der Waals surface area contributed by atoms with Crippen LogP contribution in [0.5, 0.6) is 0 Å². The van der Waals surface area contributed by atoms with E-state index in [-0.39, 0.29) is 5.57 Å². The van der Waals surface area contributed by atoms with Crippen LogP contribution in [-0.4, -0.2) is 11.8 Å². The zero-order valence-electron chi connectivity index (χ0n) is 5.47. The molecule has 0 bridgehead atoms. The van der Waals surface area contributed by atoms with Gasteiger partial charge >= 0.3 is 0 Å². The maximum absolute atomic E-state index is 10.5. The highest BCUT2D eigenvalue weighted by Crippen LogP contribution is 1.84. The molecule has 0 unspecified atom stereocenters. The lowest BCUT2D eigenvalue weighted by Gasteiger charge is -1.94. The molecule has 0 aliphatic rings. The zero-order chi connectivity index (χ0) is 8.15. The molecular formula is C6H6N2O2. The van der Waals surface area contributed by atoms with Crippen LogP contribution in [0.2, 0.25) is 0 Å². The van der Waals surface area contributed by atoms with Crippen molar-refractivity contribution in [1.82, 2.24) is 5.32 Å². The molecule has 0 heterocycles. The average Bonchev–Trinajstić information content (AvgIpc) is 1.85. The topological polar surface area (TPSA) is 70.0 Å². The van der Waals surface area contributed by atoms with Crippen molar-refractivity contribution in [3.05, 3.63) is 12.2 Å². The molecule has 0 rings (SSSR count). The fourth-order valence-corrected chi connectivity index (χ4v) is 0.286. The molecular weight excluding hydrogens is 132 g/mol. The van der Waals surface area contributed by atoms with Crippen LogP contribution in [0, 0.1) is 11.3 Å². The number of nitriles is 1. The lowest BCUT2D eigenvalue weighted by molar-refractivity contribution is -0.126. The van der Waals surface area contributed by atoms with Gasteiger partial charge in [-0.25, -0.2) is 0 Å². The van der Waals surface area contributed by atoms with Crippen LogP contribution in [0.15, 0.2) is 12.2 Å². The quantitative estimate of drug-likeness (QED) is 0.400. The summed E-state index contributed by atoms with van der Waals surface area (Å²) >= 11 is 0. The molecule has 0 saturated carbocycles. The van der Waals surface area contributed by atoms with Crippen molar-refractivity contribution in [2.75, 3.05) is 0 Å². The molecule has 0 atom stereocenters. The Hall–Kier alpha value is -1.63. The Balaban J connectivity index is 4.02. The minimum atomic E-state index is -0.741. The maximum Gasteiger partial charge on any atom is 0.267 e. The largest absolute Gasteiger partial charge is 0.292 e. The van der Waals surface area contributed by atoms with Gasteiger partial charge in [0, 0.05) is 6.92 Å². The highest BCUT2D eigenvalue weighted by Gasteiger charge is 2.05. The van der Waals surface area contributed by atoms with Crippen LogP contribution < -0.4 is 5.32 Å². The number of imide groups is 1. The van der Waals surface area contributed by atoms with E-state index in [9.17, 15) is 9.59 Å². The third-order valence-electron chi connectivity index (χ3n) is 0.699. The molecule has 4 heteroatoms. The SMILES string of the molecule is C=C(C#N)C(=O)NC(C)=O. The molecule has 0 aliphatic heterocycles. The number of carbonyl (C=O) groups is 2. The molecule has 10 heavy (non-hydrogen) atoms. The minimum Gasteiger partial charge on any atom is -0.292 e. The molecule has 1 N–H and O–H groups in total. The molecule has 0 saturated heterocycles. The first-order valence-corrected chi connectivity index (χ1v) is 2.49. The van der Waals surface area contributed by atoms with E-state index >= 15 is 0 Å². The van der Waals surface area contributed by atoms with Crippen molar-refractivity contribution in [3.63, 3.8) is 0 Å². The first-order valence-electron chi connectivity index (χ1n) is 2.49. The zero-order valence-corrected chi connectivity index (χ0v) is 5.47. The highest BCUT2D eigenvalue weighted by atomic mass is 16.2. The van der Waals surface area contributed by atoms with Gasteiger partial charge in [0.25, 0.3) is 5.91 Å². The summed E-state index contributed by atoms with van der Waals surface area (Å²) in [6, 6.07) is 1.51. The third-order valence-corrected chi connectivity index (χ3v) is 0.699. The molecule has 52 valence electrons. The molecule has 0 radical (unpaired) electrons. The van der Waals surface area contributed by atoms with E-state index in [0.717, 1.165) is 0 Å². The van der Waals surface area contributed by atoms with Gasteiger partial charge in [-0.2, -0.15) is 5.26 Å². The average molecular weight is 138 g/mol. The Labute approximate surface area is 58.1 Å². The molecule has 4 nitrogen and oxygen atoms in total. The van der Waals surface area contributed by atoms with E-state index in [1.807, 2.05) is 5.32 Å². The van der Waals surface area contributed by atoms with E-state index < -0.39 is 11.8 Å². The summed E-state index contributed by atoms with van der Waals surface area (Å²) < 4.78 is 0. The summed E-state index contributed by atoms with van der Waals surface area (Å²) in [4.78, 5) is 20.7. The summed E-state index contributed by atoms with van der Waals surface area (Å²) in [6.45, 7) is 4.28. The van der Waals surface area contributed by atoms with Crippen LogP contribution in [0.3, 0.4) is 0 Å². The first kappa shape index (κ1) is 8.37. The summed E-state index contributed by atoms with van der Waals surface area (Å²) in [7, 11) is 0. The first-order chi connectivity index (χ1) is 4.57. The van der Waals surface area contributed by atoms with Gasteiger partial charge < -0.3 is 0 Å². The molecule has 0 aromatic heterocycles. The summed E-state index contributed by atoms with van der Waals surface area (Å²) in [6.07, 6.45) is 0. The monoisotopic (exact) mass is 138 g/mol. The Morgan fingerprint density at radius 2 is 2.10 bits per heavy atom. The van der Waals surface area contributed by atoms with Gasteiger partial charge in [-0.05, 0) is 0 Å². The molecule has 0 aliphatic carbocycles. The molecule has 2 amide bonds. The fraction of sp³-hybridized carbons (Fsp3) is 0.167. The number of nitrogens with one attached hydrogen (secondary N) is 1. The standard InChI is InChI=1S/C6H6N2O2/c1-4(3-7)6(10)8-5(2)9/h1H2,2H3,(H,8,9,10). The number of amides is 2. The van der Waals surface area contributed by atoms with Gasteiger partial charge in [-0.3, -0.25) is 14.9 Å². The van der Waals surface area contributed by atoms with Gasteiger partial charge in [0.15, 0.2) is 0 Å². The van der Waals surface area contributed by atoms with Gasteiger partial charge in [-0.1, -0.05) is 6.58 Å². The van der Waals surface area contributed by atoms with Crippen molar-refractivity contribution >= 4 is 11.8 Å². The van der Waals surface area contributed by atoms with Crippen molar-refractivity contribution in [1.29, 1.82) is 5.26 Å². The summed E-state index contributed by atoms with van der Waals surface area (Å²) in [5.41, 5.74) is -0.268. The third kappa shape index (κ3) is 2.62. The normalized spacial score (nSPS) is 7.60. The Morgan fingerprint density at radius 3 is 2.40 bits per heavy atom. The summed E-state index contributed by atoms with van der Waals surface area (Å²) in [5.74, 6) is -1.24. The number of rotatable bonds is 1. The fourth-order valence-electron chi connectivity index (χ4n) is 0.286. The van der Waals surface area contributed by atoms with Crippen LogP contribution in [0.1, 0.15) is 6.92 Å². The second-order valence-corrected chi connectivity index (χ2v) is 1.60. The van der Waals surface area contributed by atoms with E-state index in [2.05, 4.69) is 6.58 Å². The number of nitrogens with zero attached hydrogens (tertiary/aromatic N) is 1. The van der Waals surface area contributed by atoms with E-state index in [0.29, 0.717) is 0 Å². The Kier molecular flexibility index (Phi) is 2.85. The lowest BCUT2D eigenvalue weighted by atomic mass is 10.3. The van der Waals surface area contributed by atoms with Gasteiger partial charge in [0.05, 0.1) is 0 Å². The number of hydrogen-bond acceptors (Lipinski definition) is 3. The smallest absolute Gasteiger partial charge is 0.267 e. The second-order valence-electron chi connectivity index (χ2n) is 1.60. The Morgan fingerprint density at radius 1 is 1.60 bits per heavy atom. The minimum absolute atomic E-state index is 0.268. The van der Waals surface area contributed by atoms with E-state index in [1.165, 1.54) is 13.0 Å². The Bertz CT molecular complexity index is 224. The van der Waals surface area contributed by atoms with Gasteiger partial charge in [-0.15, -0.1) is 0 Å². The molecule has 0 fully saturated rings. The molecule has 0 spiro atoms. The van der Waals surface area contributed by atoms with Crippen molar-refractivity contribution in [2.24, 2.45) is 0 Å². The van der Waals surface area contributed by atoms with E-state index in [4.69, 9.17) is 5.26 Å². The molecule has 0 aromatic rings. The second kappa shape index (κ2) is 3.41.